The Morgan fingerprint density at radius 3 is 1.62 bits per heavy atom. The zero-order valence-corrected chi connectivity index (χ0v) is 47.7. The molecule has 1 N–H and O–H groups in total. The maximum absolute atomic E-state index is 12.3. The Bertz CT molecular complexity index is 2460. The van der Waals surface area contributed by atoms with Crippen molar-refractivity contribution in [3.8, 4) is 35.7 Å². The first kappa shape index (κ1) is 66.0. The molecule has 0 amide bonds. The van der Waals surface area contributed by atoms with Crippen LogP contribution in [0.25, 0.3) is 0 Å². The molecule has 0 saturated carbocycles. The van der Waals surface area contributed by atoms with E-state index in [9.17, 15) is 19.5 Å². The minimum Gasteiger partial charge on any atom is -0.482 e. The summed E-state index contributed by atoms with van der Waals surface area (Å²) >= 11 is 0. The van der Waals surface area contributed by atoms with Gasteiger partial charge in [-0.2, -0.15) is 0 Å². The quantitative estimate of drug-likeness (QED) is 0.0163. The molecule has 6 rings (SSSR count). The van der Waals surface area contributed by atoms with E-state index in [1.54, 1.807) is 42.5 Å². The lowest BCUT2D eigenvalue weighted by Crippen LogP contribution is -2.28. The summed E-state index contributed by atoms with van der Waals surface area (Å²) in [6, 6.07) is 29.4. The Morgan fingerprint density at radius 2 is 1.15 bits per heavy atom. The number of hydrogen-bond acceptors (Lipinski definition) is 12. The van der Waals surface area contributed by atoms with Gasteiger partial charge in [-0.15, -0.1) is 31.4 Å². The van der Waals surface area contributed by atoms with E-state index in [2.05, 4.69) is 44.8 Å². The SMILES string of the molecule is C#CCC[C@H](CCCCC)OC1CCCCO1.C=CCc1c(C=O)cccc1OCC(=O)OCc1ccccc1.C=CCc1c(OCC(=O)OCc2ccccc2)cccc1[C@@H](O)C#CCC[C@H](CCCCC)OC1CCCCO1. The summed E-state index contributed by atoms with van der Waals surface area (Å²) < 4.78 is 45.5. The molecule has 0 spiro atoms. The monoisotopic (exact) mass is 1100 g/mol. The average molecular weight is 1100 g/mol. The number of hydrogen-bond donors (Lipinski definition) is 1. The van der Waals surface area contributed by atoms with Crippen molar-refractivity contribution in [3.63, 3.8) is 0 Å². The molecule has 2 aliphatic rings. The third-order valence-electron chi connectivity index (χ3n) is 13.3. The van der Waals surface area contributed by atoms with Crippen molar-refractivity contribution >= 4 is 18.2 Å². The molecular weight excluding hydrogens is 1010 g/mol. The first-order chi connectivity index (χ1) is 39.2. The fraction of sp³-hybridized carbons (Fsp3) is 0.485. The Morgan fingerprint density at radius 1 is 0.650 bits per heavy atom. The number of ether oxygens (including phenoxy) is 8. The second-order valence-electron chi connectivity index (χ2n) is 19.7. The average Bonchev–Trinajstić information content (AvgIpc) is 3.49. The normalized spacial score (nSPS) is 15.7. The fourth-order valence-corrected chi connectivity index (χ4v) is 8.96. The molecule has 5 atom stereocenters. The molecule has 2 heterocycles. The summed E-state index contributed by atoms with van der Waals surface area (Å²) in [7, 11) is 0. The highest BCUT2D eigenvalue weighted by atomic mass is 16.7. The summed E-state index contributed by atoms with van der Waals surface area (Å²) in [5.74, 6) is 8.92. The van der Waals surface area contributed by atoms with E-state index in [0.29, 0.717) is 53.6 Å². The number of carbonyl (C=O) groups is 3. The van der Waals surface area contributed by atoms with Gasteiger partial charge in [-0.05, 0) is 106 Å². The Hall–Kier alpha value is -6.51. The number of aldehydes is 1. The molecule has 2 fully saturated rings. The Balaban J connectivity index is 0.000000289. The number of allylic oxidation sites excluding steroid dienone is 2. The molecule has 0 aromatic heterocycles. The standard InChI is InChI=1S/C34H44O6.C19H18O4.C15H26O2/c1-3-5-7-18-28(40-34-23-12-13-24-37-34)19-10-11-21-31(35)29-20-14-22-32(30(29)15-4-2)38-26-33(36)39-25-27-16-8-6-9-17-27;1-2-7-17-16(12-20)10-6-11-18(17)22-14-19(21)23-13-15-8-4-3-5-9-15;1-3-5-7-11-14(10-6-4-2)17-15-12-8-9-13-16-15/h4,6,8-9,14,16-17,20,22,28,31,34-35H,2-3,5,7,10,12-13,15,18-19,23-26H2,1H3;2-6,8-12H,1,7,13-14H2;2,14-15H,3,5-13H2,1H3/t28-,31-,34?;;14-,15?/m0.1/s1. The van der Waals surface area contributed by atoms with Crippen molar-refractivity contribution in [2.75, 3.05) is 26.4 Å². The van der Waals surface area contributed by atoms with Gasteiger partial charge in [0, 0.05) is 42.7 Å². The number of aliphatic hydroxyl groups is 1. The maximum Gasteiger partial charge on any atom is 0.344 e. The first-order valence-electron chi connectivity index (χ1n) is 28.9. The maximum atomic E-state index is 12.3. The third kappa shape index (κ3) is 27.1. The van der Waals surface area contributed by atoms with Gasteiger partial charge in [-0.25, -0.2) is 9.59 Å². The van der Waals surface area contributed by atoms with E-state index in [-0.39, 0.29) is 45.1 Å². The van der Waals surface area contributed by atoms with E-state index >= 15 is 0 Å². The van der Waals surface area contributed by atoms with Gasteiger partial charge in [0.25, 0.3) is 0 Å². The molecule has 0 radical (unpaired) electrons. The lowest BCUT2D eigenvalue weighted by atomic mass is 9.98. The van der Waals surface area contributed by atoms with Gasteiger partial charge in [-0.1, -0.05) is 155 Å². The van der Waals surface area contributed by atoms with E-state index in [0.717, 1.165) is 100 Å². The summed E-state index contributed by atoms with van der Waals surface area (Å²) in [6.07, 6.45) is 29.0. The van der Waals surface area contributed by atoms with E-state index < -0.39 is 18.0 Å². The molecule has 4 aromatic carbocycles. The van der Waals surface area contributed by atoms with Gasteiger partial charge < -0.3 is 43.0 Å². The topological polar surface area (TPSA) is 145 Å². The lowest BCUT2D eigenvalue weighted by Gasteiger charge is -2.27. The first-order valence-corrected chi connectivity index (χ1v) is 28.9. The molecule has 2 unspecified atom stereocenters. The fourth-order valence-electron chi connectivity index (χ4n) is 8.96. The van der Waals surface area contributed by atoms with Crippen LogP contribution in [-0.2, 0) is 64.1 Å². The van der Waals surface area contributed by atoms with Crippen LogP contribution >= 0.6 is 0 Å². The summed E-state index contributed by atoms with van der Waals surface area (Å²) in [4.78, 5) is 35.1. The highest BCUT2D eigenvalue weighted by Gasteiger charge is 2.22. The van der Waals surface area contributed by atoms with Crippen LogP contribution in [0.2, 0.25) is 0 Å². The molecule has 12 nitrogen and oxygen atoms in total. The second kappa shape index (κ2) is 41.5. The molecule has 0 aliphatic carbocycles. The number of rotatable bonds is 32. The predicted molar refractivity (Wildman–Crippen MR) is 315 cm³/mol. The molecular formula is C68H88O12. The van der Waals surface area contributed by atoms with Crippen molar-refractivity contribution in [2.45, 2.75) is 186 Å². The summed E-state index contributed by atoms with van der Waals surface area (Å²) in [6.45, 7) is 13.5. The third-order valence-corrected chi connectivity index (χ3v) is 13.3. The minimum absolute atomic E-state index is 0.0214. The highest BCUT2D eigenvalue weighted by molar-refractivity contribution is 5.79. The number of aliphatic hydroxyl groups excluding tert-OH is 1. The van der Waals surface area contributed by atoms with Crippen LogP contribution in [0.3, 0.4) is 0 Å². The van der Waals surface area contributed by atoms with E-state index in [1.807, 2.05) is 66.7 Å². The molecule has 432 valence electrons. The largest absolute Gasteiger partial charge is 0.482 e. The summed E-state index contributed by atoms with van der Waals surface area (Å²) in [5.41, 5.74) is 4.47. The van der Waals surface area contributed by atoms with Crippen LogP contribution < -0.4 is 9.47 Å². The second-order valence-corrected chi connectivity index (χ2v) is 19.7. The van der Waals surface area contributed by atoms with Crippen molar-refractivity contribution in [1.29, 1.82) is 0 Å². The molecule has 4 aromatic rings. The number of unbranched alkanes of at least 4 members (excludes halogenated alkanes) is 4. The van der Waals surface area contributed by atoms with Crippen molar-refractivity contribution < 1.29 is 57.4 Å². The van der Waals surface area contributed by atoms with Crippen LogP contribution in [0.4, 0.5) is 0 Å². The van der Waals surface area contributed by atoms with Crippen LogP contribution in [0.5, 0.6) is 11.5 Å². The van der Waals surface area contributed by atoms with Gasteiger partial charge in [-0.3, -0.25) is 4.79 Å². The molecule has 80 heavy (non-hydrogen) atoms. The predicted octanol–water partition coefficient (Wildman–Crippen LogP) is 14.1. The number of terminal acetylenes is 1. The van der Waals surface area contributed by atoms with Gasteiger partial charge in [0.05, 0.1) is 12.2 Å². The molecule has 0 bridgehead atoms. The lowest BCUT2D eigenvalue weighted by molar-refractivity contribution is -0.190. The van der Waals surface area contributed by atoms with Crippen molar-refractivity contribution in [3.05, 3.63) is 156 Å². The van der Waals surface area contributed by atoms with Crippen LogP contribution in [0.15, 0.2) is 122 Å². The zero-order valence-electron chi connectivity index (χ0n) is 47.7. The number of carbonyl (C=O) groups excluding carboxylic acids is 3. The Labute approximate surface area is 477 Å². The van der Waals surface area contributed by atoms with Gasteiger partial charge in [0.1, 0.15) is 37.1 Å². The van der Waals surface area contributed by atoms with E-state index in [4.69, 9.17) is 44.3 Å². The van der Waals surface area contributed by atoms with Crippen molar-refractivity contribution in [1.82, 2.24) is 0 Å². The Kier molecular flexibility index (Phi) is 34.2. The minimum atomic E-state index is -0.982. The number of benzene rings is 4. The van der Waals surface area contributed by atoms with Gasteiger partial charge in [0.15, 0.2) is 25.8 Å². The van der Waals surface area contributed by atoms with Crippen LogP contribution in [-0.4, -0.2) is 74.5 Å². The molecule has 2 aliphatic heterocycles. The summed E-state index contributed by atoms with van der Waals surface area (Å²) in [5, 5.41) is 10.9. The highest BCUT2D eigenvalue weighted by Crippen LogP contribution is 2.29. The van der Waals surface area contributed by atoms with Crippen LogP contribution in [0.1, 0.15) is 174 Å². The van der Waals surface area contributed by atoms with Gasteiger partial charge >= 0.3 is 11.9 Å². The zero-order chi connectivity index (χ0) is 57.3. The smallest absolute Gasteiger partial charge is 0.344 e. The molecule has 2 saturated heterocycles. The number of esters is 2. The van der Waals surface area contributed by atoms with Crippen LogP contribution in [0, 0.1) is 24.2 Å². The molecule has 12 heteroatoms. The van der Waals surface area contributed by atoms with Crippen molar-refractivity contribution in [2.24, 2.45) is 0 Å². The van der Waals surface area contributed by atoms with Gasteiger partial charge in [0.2, 0.25) is 0 Å². The van der Waals surface area contributed by atoms with E-state index in [1.165, 1.54) is 44.9 Å².